The molecular weight excluding hydrogens is 208 g/mol. The lowest BCUT2D eigenvalue weighted by molar-refractivity contribution is 0.283. The van der Waals surface area contributed by atoms with Crippen LogP contribution in [0, 0.1) is 0 Å². The lowest BCUT2D eigenvalue weighted by Gasteiger charge is -2.22. The third-order valence-corrected chi connectivity index (χ3v) is 3.42. The summed E-state index contributed by atoms with van der Waals surface area (Å²) in [6, 6.07) is 11.3. The summed E-state index contributed by atoms with van der Waals surface area (Å²) in [4.78, 5) is 2.48. The van der Waals surface area contributed by atoms with E-state index in [1.807, 2.05) is 0 Å². The highest BCUT2D eigenvalue weighted by Gasteiger charge is 2.08. The first-order valence-electron chi connectivity index (χ1n) is 6.73. The molecule has 0 aliphatic carbocycles. The minimum absolute atomic E-state index is 0.581. The van der Waals surface area contributed by atoms with Crippen LogP contribution in [0.3, 0.4) is 0 Å². The first kappa shape index (κ1) is 14.2. The summed E-state index contributed by atoms with van der Waals surface area (Å²) in [6.07, 6.45) is 2.34. The second kappa shape index (κ2) is 8.26. The number of rotatable bonds is 8. The maximum Gasteiger partial charge on any atom is 0.0117 e. The van der Waals surface area contributed by atoms with Crippen molar-refractivity contribution in [3.8, 4) is 0 Å². The molecule has 1 unspecified atom stereocenters. The third kappa shape index (κ3) is 5.33. The molecule has 0 aliphatic heterocycles. The lowest BCUT2D eigenvalue weighted by atomic mass is 10.0. The molecule has 1 aromatic rings. The second-order valence-electron chi connectivity index (χ2n) is 4.49. The van der Waals surface area contributed by atoms with Crippen molar-refractivity contribution in [1.82, 2.24) is 10.2 Å². The highest BCUT2D eigenvalue weighted by atomic mass is 15.1. The average molecular weight is 234 g/mol. The molecule has 0 bridgehead atoms. The van der Waals surface area contributed by atoms with Crippen LogP contribution in [0.25, 0.3) is 0 Å². The molecule has 1 atom stereocenters. The molecule has 17 heavy (non-hydrogen) atoms. The van der Waals surface area contributed by atoms with Crippen molar-refractivity contribution < 1.29 is 0 Å². The Morgan fingerprint density at radius 3 is 2.29 bits per heavy atom. The van der Waals surface area contributed by atoms with E-state index in [1.165, 1.54) is 18.5 Å². The molecule has 2 nitrogen and oxygen atoms in total. The van der Waals surface area contributed by atoms with Crippen molar-refractivity contribution in [1.29, 1.82) is 0 Å². The van der Waals surface area contributed by atoms with Gasteiger partial charge in [-0.2, -0.15) is 0 Å². The first-order chi connectivity index (χ1) is 8.30. The number of benzene rings is 1. The standard InChI is InChI=1S/C15H26N2/c1-4-17(5-2)12-11-15(16-3)13-14-9-7-6-8-10-14/h6-10,15-16H,4-5,11-13H2,1-3H3. The van der Waals surface area contributed by atoms with Crippen LogP contribution < -0.4 is 5.32 Å². The quantitative estimate of drug-likeness (QED) is 0.743. The van der Waals surface area contributed by atoms with Crippen LogP contribution in [0.1, 0.15) is 25.8 Å². The number of nitrogens with zero attached hydrogens (tertiary/aromatic N) is 1. The third-order valence-electron chi connectivity index (χ3n) is 3.42. The number of hydrogen-bond acceptors (Lipinski definition) is 2. The highest BCUT2D eigenvalue weighted by Crippen LogP contribution is 2.06. The van der Waals surface area contributed by atoms with Crippen molar-refractivity contribution in [3.05, 3.63) is 35.9 Å². The minimum atomic E-state index is 0.581. The highest BCUT2D eigenvalue weighted by molar-refractivity contribution is 5.15. The molecule has 1 N–H and O–H groups in total. The van der Waals surface area contributed by atoms with Crippen molar-refractivity contribution in [2.45, 2.75) is 32.7 Å². The van der Waals surface area contributed by atoms with E-state index in [0.29, 0.717) is 6.04 Å². The molecule has 0 spiro atoms. The molecular formula is C15H26N2. The number of nitrogens with one attached hydrogen (secondary N) is 1. The van der Waals surface area contributed by atoms with E-state index in [0.717, 1.165) is 19.5 Å². The number of likely N-dealkylation sites (N-methyl/N-ethyl adjacent to an activating group) is 1. The van der Waals surface area contributed by atoms with Crippen LogP contribution in [-0.2, 0) is 6.42 Å². The second-order valence-corrected chi connectivity index (χ2v) is 4.49. The topological polar surface area (TPSA) is 15.3 Å². The van der Waals surface area contributed by atoms with Gasteiger partial charge in [0.15, 0.2) is 0 Å². The van der Waals surface area contributed by atoms with Crippen LogP contribution >= 0.6 is 0 Å². The molecule has 0 aromatic heterocycles. The summed E-state index contributed by atoms with van der Waals surface area (Å²) < 4.78 is 0. The SMILES string of the molecule is CCN(CC)CCC(Cc1ccccc1)NC. The Bertz CT molecular complexity index is 280. The normalized spacial score (nSPS) is 12.9. The van der Waals surface area contributed by atoms with E-state index in [2.05, 4.69) is 61.4 Å². The fourth-order valence-electron chi connectivity index (χ4n) is 2.13. The molecule has 1 aromatic carbocycles. The van der Waals surface area contributed by atoms with Crippen molar-refractivity contribution in [3.63, 3.8) is 0 Å². The van der Waals surface area contributed by atoms with Gasteiger partial charge in [-0.1, -0.05) is 44.2 Å². The Morgan fingerprint density at radius 1 is 1.12 bits per heavy atom. The first-order valence-corrected chi connectivity index (χ1v) is 6.73. The predicted octanol–water partition coefficient (Wildman–Crippen LogP) is 2.55. The molecule has 0 aliphatic rings. The zero-order chi connectivity index (χ0) is 12.5. The molecule has 0 radical (unpaired) electrons. The van der Waals surface area contributed by atoms with Gasteiger partial charge in [-0.25, -0.2) is 0 Å². The van der Waals surface area contributed by atoms with E-state index < -0.39 is 0 Å². The smallest absolute Gasteiger partial charge is 0.0117 e. The van der Waals surface area contributed by atoms with Crippen molar-refractivity contribution in [2.24, 2.45) is 0 Å². The van der Waals surface area contributed by atoms with E-state index in [9.17, 15) is 0 Å². The zero-order valence-electron chi connectivity index (χ0n) is 11.4. The maximum atomic E-state index is 3.43. The van der Waals surface area contributed by atoms with E-state index >= 15 is 0 Å². The van der Waals surface area contributed by atoms with Gasteiger partial charge in [0.25, 0.3) is 0 Å². The molecule has 2 heteroatoms. The summed E-state index contributed by atoms with van der Waals surface area (Å²) in [5, 5.41) is 3.43. The van der Waals surface area contributed by atoms with Gasteiger partial charge >= 0.3 is 0 Å². The van der Waals surface area contributed by atoms with Gasteiger partial charge in [0.2, 0.25) is 0 Å². The molecule has 0 saturated carbocycles. The van der Waals surface area contributed by atoms with Crippen LogP contribution in [-0.4, -0.2) is 37.6 Å². The summed E-state index contributed by atoms with van der Waals surface area (Å²) in [7, 11) is 2.07. The minimum Gasteiger partial charge on any atom is -0.317 e. The van der Waals surface area contributed by atoms with Crippen LogP contribution in [0.4, 0.5) is 0 Å². The number of hydrogen-bond donors (Lipinski definition) is 1. The van der Waals surface area contributed by atoms with E-state index in [-0.39, 0.29) is 0 Å². The summed E-state index contributed by atoms with van der Waals surface area (Å²) in [5.74, 6) is 0. The summed E-state index contributed by atoms with van der Waals surface area (Å²) in [5.41, 5.74) is 1.42. The van der Waals surface area contributed by atoms with Gasteiger partial charge in [-0.05, 0) is 45.1 Å². The van der Waals surface area contributed by atoms with Crippen molar-refractivity contribution >= 4 is 0 Å². The summed E-state index contributed by atoms with van der Waals surface area (Å²) >= 11 is 0. The monoisotopic (exact) mass is 234 g/mol. The van der Waals surface area contributed by atoms with Crippen LogP contribution in [0.5, 0.6) is 0 Å². The average Bonchev–Trinajstić information content (AvgIpc) is 2.39. The molecule has 0 saturated heterocycles. The Labute approximate surface area is 106 Å². The van der Waals surface area contributed by atoms with Gasteiger partial charge in [-0.15, -0.1) is 0 Å². The van der Waals surface area contributed by atoms with Gasteiger partial charge in [0.1, 0.15) is 0 Å². The Balaban J connectivity index is 2.38. The van der Waals surface area contributed by atoms with E-state index in [1.54, 1.807) is 0 Å². The van der Waals surface area contributed by atoms with Gasteiger partial charge < -0.3 is 10.2 Å². The largest absolute Gasteiger partial charge is 0.317 e. The van der Waals surface area contributed by atoms with E-state index in [4.69, 9.17) is 0 Å². The molecule has 1 rings (SSSR count). The molecule has 0 amide bonds. The summed E-state index contributed by atoms with van der Waals surface area (Å²) in [6.45, 7) is 7.95. The van der Waals surface area contributed by atoms with Gasteiger partial charge in [0.05, 0.1) is 0 Å². The Kier molecular flexibility index (Phi) is 6.90. The van der Waals surface area contributed by atoms with Gasteiger partial charge in [-0.3, -0.25) is 0 Å². The fourth-order valence-corrected chi connectivity index (χ4v) is 2.13. The molecule has 0 fully saturated rings. The van der Waals surface area contributed by atoms with Gasteiger partial charge in [0, 0.05) is 6.04 Å². The van der Waals surface area contributed by atoms with Crippen LogP contribution in [0.15, 0.2) is 30.3 Å². The zero-order valence-corrected chi connectivity index (χ0v) is 11.4. The molecule has 0 heterocycles. The molecule has 96 valence electrons. The van der Waals surface area contributed by atoms with Crippen molar-refractivity contribution in [2.75, 3.05) is 26.7 Å². The fraction of sp³-hybridized carbons (Fsp3) is 0.600. The van der Waals surface area contributed by atoms with Crippen LogP contribution in [0.2, 0.25) is 0 Å². The maximum absolute atomic E-state index is 3.43. The Morgan fingerprint density at radius 2 is 1.76 bits per heavy atom. The lowest BCUT2D eigenvalue weighted by Crippen LogP contribution is -2.33. The Hall–Kier alpha value is -0.860. The predicted molar refractivity (Wildman–Crippen MR) is 75.4 cm³/mol.